The third-order valence-corrected chi connectivity index (χ3v) is 1.38. The first-order valence-corrected chi connectivity index (χ1v) is 3.42. The van der Waals surface area contributed by atoms with Crippen molar-refractivity contribution in [2.75, 3.05) is 13.2 Å². The van der Waals surface area contributed by atoms with E-state index in [4.69, 9.17) is 4.74 Å². The molecule has 1 aromatic rings. The number of nitrogens with zero attached hydrogens (tertiary/aromatic N) is 3. The zero-order chi connectivity index (χ0) is 7.52. The Morgan fingerprint density at radius 1 is 1.45 bits per heavy atom. The number of hydrogen-bond acceptors (Lipinski definition) is 4. The van der Waals surface area contributed by atoms with Crippen LogP contribution in [0.15, 0.2) is 23.3 Å². The van der Waals surface area contributed by atoms with Crippen LogP contribution >= 0.6 is 0 Å². The zero-order valence-corrected chi connectivity index (χ0v) is 5.90. The minimum atomic E-state index is 0.609. The number of aliphatic imine (C=N–C) groups is 1. The summed E-state index contributed by atoms with van der Waals surface area (Å²) in [5, 5.41) is 7.57. The first-order valence-electron chi connectivity index (χ1n) is 3.42. The molecule has 11 heavy (non-hydrogen) atoms. The van der Waals surface area contributed by atoms with Crippen molar-refractivity contribution in [3.05, 3.63) is 24.0 Å². The second-order valence-corrected chi connectivity index (χ2v) is 2.14. The Morgan fingerprint density at radius 3 is 3.09 bits per heavy atom. The van der Waals surface area contributed by atoms with Crippen molar-refractivity contribution in [3.8, 4) is 0 Å². The molecule has 0 unspecified atom stereocenters. The van der Waals surface area contributed by atoms with Gasteiger partial charge in [-0.15, -0.1) is 5.10 Å². The number of ether oxygens (including phenoxy) is 1. The molecule has 4 heteroatoms. The third-order valence-electron chi connectivity index (χ3n) is 1.38. The topological polar surface area (TPSA) is 47.4 Å². The standard InChI is InChI=1S/C7H7N3O/c1-2-6(10-9-3-1)7-8-4-5-11-7/h1-3H,4-5H2. The van der Waals surface area contributed by atoms with Crippen LogP contribution in [-0.4, -0.2) is 29.2 Å². The summed E-state index contributed by atoms with van der Waals surface area (Å²) in [7, 11) is 0. The van der Waals surface area contributed by atoms with Crippen molar-refractivity contribution in [1.82, 2.24) is 10.2 Å². The van der Waals surface area contributed by atoms with Gasteiger partial charge in [0.1, 0.15) is 12.3 Å². The van der Waals surface area contributed by atoms with Crippen molar-refractivity contribution < 1.29 is 4.74 Å². The van der Waals surface area contributed by atoms with Gasteiger partial charge in [-0.3, -0.25) is 0 Å². The van der Waals surface area contributed by atoms with E-state index in [1.165, 1.54) is 0 Å². The molecular formula is C7H7N3O. The fourth-order valence-corrected chi connectivity index (χ4v) is 0.906. The van der Waals surface area contributed by atoms with E-state index in [-0.39, 0.29) is 0 Å². The molecule has 0 spiro atoms. The van der Waals surface area contributed by atoms with Gasteiger partial charge in [-0.05, 0) is 12.1 Å². The SMILES string of the molecule is c1cnnc(C2=NCCO2)c1. The van der Waals surface area contributed by atoms with Gasteiger partial charge >= 0.3 is 0 Å². The molecule has 0 fully saturated rings. The fraction of sp³-hybridized carbons (Fsp3) is 0.286. The molecule has 4 nitrogen and oxygen atoms in total. The van der Waals surface area contributed by atoms with E-state index in [2.05, 4.69) is 15.2 Å². The highest BCUT2D eigenvalue weighted by Crippen LogP contribution is 2.02. The Morgan fingerprint density at radius 2 is 2.45 bits per heavy atom. The highest BCUT2D eigenvalue weighted by Gasteiger charge is 2.10. The maximum Gasteiger partial charge on any atom is 0.237 e. The Kier molecular flexibility index (Phi) is 1.51. The van der Waals surface area contributed by atoms with Crippen molar-refractivity contribution in [2.45, 2.75) is 0 Å². The molecule has 0 aromatic carbocycles. The summed E-state index contributed by atoms with van der Waals surface area (Å²) in [5.74, 6) is 0.609. The smallest absolute Gasteiger partial charge is 0.237 e. The first-order chi connectivity index (χ1) is 5.47. The average molecular weight is 149 g/mol. The molecule has 0 N–H and O–H groups in total. The van der Waals surface area contributed by atoms with Crippen molar-refractivity contribution in [3.63, 3.8) is 0 Å². The zero-order valence-electron chi connectivity index (χ0n) is 5.90. The lowest BCUT2D eigenvalue weighted by molar-refractivity contribution is 0.347. The van der Waals surface area contributed by atoms with Crippen molar-refractivity contribution in [2.24, 2.45) is 4.99 Å². The first kappa shape index (κ1) is 6.27. The molecule has 0 bridgehead atoms. The van der Waals surface area contributed by atoms with Crippen molar-refractivity contribution >= 4 is 5.90 Å². The number of hydrogen-bond donors (Lipinski definition) is 0. The lowest BCUT2D eigenvalue weighted by Crippen LogP contribution is -2.04. The maximum absolute atomic E-state index is 5.19. The Balaban J connectivity index is 2.29. The Labute approximate surface area is 63.9 Å². The molecular weight excluding hydrogens is 142 g/mol. The van der Waals surface area contributed by atoms with E-state index in [0.717, 1.165) is 6.54 Å². The summed E-state index contributed by atoms with van der Waals surface area (Å²) in [6, 6.07) is 3.64. The van der Waals surface area contributed by atoms with Crippen LogP contribution in [-0.2, 0) is 4.74 Å². The predicted molar refractivity (Wildman–Crippen MR) is 39.4 cm³/mol. The summed E-state index contributed by atoms with van der Waals surface area (Å²) in [4.78, 5) is 4.10. The monoisotopic (exact) mass is 149 g/mol. The van der Waals surface area contributed by atoms with Crippen LogP contribution in [0.5, 0.6) is 0 Å². The normalized spacial score (nSPS) is 15.8. The van der Waals surface area contributed by atoms with Gasteiger partial charge in [0.2, 0.25) is 5.90 Å². The van der Waals surface area contributed by atoms with E-state index < -0.39 is 0 Å². The highest BCUT2D eigenvalue weighted by atomic mass is 16.5. The van der Waals surface area contributed by atoms with Gasteiger partial charge in [0, 0.05) is 6.20 Å². The van der Waals surface area contributed by atoms with E-state index >= 15 is 0 Å². The van der Waals surface area contributed by atoms with Crippen LogP contribution in [0.4, 0.5) is 0 Å². The summed E-state index contributed by atoms with van der Waals surface area (Å²) >= 11 is 0. The summed E-state index contributed by atoms with van der Waals surface area (Å²) in [6.07, 6.45) is 1.62. The number of aromatic nitrogens is 2. The quantitative estimate of drug-likeness (QED) is 0.575. The molecule has 2 rings (SSSR count). The van der Waals surface area contributed by atoms with Gasteiger partial charge in [0.15, 0.2) is 0 Å². The molecule has 1 aliphatic heterocycles. The van der Waals surface area contributed by atoms with Gasteiger partial charge < -0.3 is 4.74 Å². The van der Waals surface area contributed by atoms with Crippen LogP contribution in [0.3, 0.4) is 0 Å². The summed E-state index contributed by atoms with van der Waals surface area (Å²) < 4.78 is 5.19. The molecule has 0 radical (unpaired) electrons. The molecule has 0 atom stereocenters. The minimum Gasteiger partial charge on any atom is -0.474 e. The van der Waals surface area contributed by atoms with Gasteiger partial charge in [-0.2, -0.15) is 5.10 Å². The van der Waals surface area contributed by atoms with Gasteiger partial charge in [-0.25, -0.2) is 4.99 Å². The van der Waals surface area contributed by atoms with E-state index in [9.17, 15) is 0 Å². The number of rotatable bonds is 1. The second-order valence-electron chi connectivity index (χ2n) is 2.14. The lowest BCUT2D eigenvalue weighted by atomic mass is 10.4. The minimum absolute atomic E-state index is 0.609. The van der Waals surface area contributed by atoms with Crippen LogP contribution in [0.2, 0.25) is 0 Å². The molecule has 0 saturated carbocycles. The maximum atomic E-state index is 5.19. The fourth-order valence-electron chi connectivity index (χ4n) is 0.906. The highest BCUT2D eigenvalue weighted by molar-refractivity contribution is 5.92. The molecule has 1 aliphatic rings. The summed E-state index contributed by atoms with van der Waals surface area (Å²) in [6.45, 7) is 1.39. The largest absolute Gasteiger partial charge is 0.474 e. The van der Waals surface area contributed by atoms with Crippen LogP contribution in [0.1, 0.15) is 5.69 Å². The van der Waals surface area contributed by atoms with Gasteiger partial charge in [0.05, 0.1) is 6.54 Å². The third kappa shape index (κ3) is 1.19. The molecule has 1 aromatic heterocycles. The molecule has 2 heterocycles. The molecule has 0 saturated heterocycles. The summed E-state index contributed by atoms with van der Waals surface area (Å²) in [5.41, 5.74) is 0.713. The van der Waals surface area contributed by atoms with Crippen LogP contribution < -0.4 is 0 Å². The van der Waals surface area contributed by atoms with E-state index in [1.807, 2.05) is 12.1 Å². The lowest BCUT2D eigenvalue weighted by Gasteiger charge is -1.96. The Hall–Kier alpha value is -1.45. The molecule has 56 valence electrons. The van der Waals surface area contributed by atoms with Crippen LogP contribution in [0, 0.1) is 0 Å². The van der Waals surface area contributed by atoms with E-state index in [0.29, 0.717) is 18.2 Å². The molecule has 0 amide bonds. The average Bonchev–Trinajstić information content (AvgIpc) is 2.58. The van der Waals surface area contributed by atoms with Crippen molar-refractivity contribution in [1.29, 1.82) is 0 Å². The van der Waals surface area contributed by atoms with Crippen LogP contribution in [0.25, 0.3) is 0 Å². The van der Waals surface area contributed by atoms with Gasteiger partial charge in [-0.1, -0.05) is 0 Å². The molecule has 0 aliphatic carbocycles. The predicted octanol–water partition coefficient (Wildman–Crippen LogP) is 0.253. The Bertz CT molecular complexity index is 270. The van der Waals surface area contributed by atoms with Gasteiger partial charge in [0.25, 0.3) is 0 Å². The van der Waals surface area contributed by atoms with E-state index in [1.54, 1.807) is 6.20 Å². The second kappa shape index (κ2) is 2.65.